The van der Waals surface area contributed by atoms with Gasteiger partial charge in [-0.2, -0.15) is 0 Å². The molecule has 2 aromatic carbocycles. The Bertz CT molecular complexity index is 665. The second-order valence-electron chi connectivity index (χ2n) is 5.93. The topological polar surface area (TPSA) is 29.1 Å². The molecule has 2 atom stereocenters. The Balaban J connectivity index is 1.74. The second-order valence-corrected chi connectivity index (χ2v) is 6.36. The van der Waals surface area contributed by atoms with Crippen LogP contribution < -0.4 is 5.32 Å². The zero-order valence-electron chi connectivity index (χ0n) is 12.7. The molecule has 0 aliphatic heterocycles. The van der Waals surface area contributed by atoms with Crippen molar-refractivity contribution in [1.82, 2.24) is 5.32 Å². The smallest absolute Gasteiger partial charge is 0.228 e. The SMILES string of the molecule is C[C@@H](NC(=O)[C@H]1CCCc2ccccc21)c1ccc(Cl)cc1. The number of amides is 1. The standard InChI is InChI=1S/C19H20ClNO/c1-13(14-9-11-16(20)12-10-14)21-19(22)18-8-4-6-15-5-2-3-7-17(15)18/h2-3,5,7,9-13,18H,4,6,8H2,1H3,(H,21,22)/t13-,18+/m1/s1. The van der Waals surface area contributed by atoms with Crippen LogP contribution >= 0.6 is 11.6 Å². The third-order valence-corrected chi connectivity index (χ3v) is 4.67. The monoisotopic (exact) mass is 313 g/mol. The molecule has 1 aliphatic rings. The molecule has 0 saturated heterocycles. The minimum atomic E-state index is -0.0281. The van der Waals surface area contributed by atoms with Gasteiger partial charge in [0.1, 0.15) is 0 Å². The minimum absolute atomic E-state index is 0.0149. The van der Waals surface area contributed by atoms with Crippen LogP contribution in [0.3, 0.4) is 0 Å². The Morgan fingerprint density at radius 2 is 1.91 bits per heavy atom. The van der Waals surface area contributed by atoms with Crippen molar-refractivity contribution in [1.29, 1.82) is 0 Å². The normalized spacial score (nSPS) is 18.4. The highest BCUT2D eigenvalue weighted by Crippen LogP contribution is 2.32. The molecule has 0 fully saturated rings. The Labute approximate surface area is 136 Å². The zero-order chi connectivity index (χ0) is 15.5. The molecule has 2 nitrogen and oxygen atoms in total. The van der Waals surface area contributed by atoms with Crippen molar-refractivity contribution in [2.45, 2.75) is 38.1 Å². The van der Waals surface area contributed by atoms with Crippen molar-refractivity contribution in [3.63, 3.8) is 0 Å². The summed E-state index contributed by atoms with van der Waals surface area (Å²) in [5, 5.41) is 3.86. The highest BCUT2D eigenvalue weighted by Gasteiger charge is 2.27. The maximum atomic E-state index is 12.7. The van der Waals surface area contributed by atoms with Gasteiger partial charge in [0.05, 0.1) is 12.0 Å². The fourth-order valence-electron chi connectivity index (χ4n) is 3.18. The highest BCUT2D eigenvalue weighted by atomic mass is 35.5. The van der Waals surface area contributed by atoms with E-state index in [1.54, 1.807) is 0 Å². The number of carbonyl (C=O) groups excluding carboxylic acids is 1. The molecular formula is C19H20ClNO. The van der Waals surface area contributed by atoms with Crippen LogP contribution in [0.2, 0.25) is 5.02 Å². The lowest BCUT2D eigenvalue weighted by Gasteiger charge is -2.26. The maximum absolute atomic E-state index is 12.7. The van der Waals surface area contributed by atoms with Crippen molar-refractivity contribution in [3.05, 3.63) is 70.2 Å². The molecule has 22 heavy (non-hydrogen) atoms. The third-order valence-electron chi connectivity index (χ3n) is 4.41. The first-order valence-corrected chi connectivity index (χ1v) is 8.16. The van der Waals surface area contributed by atoms with Gasteiger partial charge in [-0.1, -0.05) is 48.0 Å². The van der Waals surface area contributed by atoms with Crippen LogP contribution in [0.5, 0.6) is 0 Å². The number of fused-ring (bicyclic) bond motifs is 1. The van der Waals surface area contributed by atoms with Gasteiger partial charge in [0.2, 0.25) is 5.91 Å². The van der Waals surface area contributed by atoms with Crippen molar-refractivity contribution >= 4 is 17.5 Å². The summed E-state index contributed by atoms with van der Waals surface area (Å²) in [6, 6.07) is 15.9. The molecule has 0 spiro atoms. The van der Waals surface area contributed by atoms with E-state index in [0.29, 0.717) is 5.02 Å². The van der Waals surface area contributed by atoms with Gasteiger partial charge in [0, 0.05) is 5.02 Å². The predicted octanol–water partition coefficient (Wildman–Crippen LogP) is 4.64. The number of carbonyl (C=O) groups is 1. The molecule has 0 radical (unpaired) electrons. The number of hydrogen-bond acceptors (Lipinski definition) is 1. The predicted molar refractivity (Wildman–Crippen MR) is 90.1 cm³/mol. The van der Waals surface area contributed by atoms with Gasteiger partial charge in [-0.05, 0) is 55.0 Å². The van der Waals surface area contributed by atoms with Crippen LogP contribution in [0, 0.1) is 0 Å². The molecule has 0 aromatic heterocycles. The molecule has 3 rings (SSSR count). The van der Waals surface area contributed by atoms with Gasteiger partial charge in [0.25, 0.3) is 0 Å². The van der Waals surface area contributed by atoms with E-state index in [2.05, 4.69) is 23.5 Å². The van der Waals surface area contributed by atoms with Crippen LogP contribution in [0.4, 0.5) is 0 Å². The first-order chi connectivity index (χ1) is 10.6. The van der Waals surface area contributed by atoms with Gasteiger partial charge in [-0.15, -0.1) is 0 Å². The highest BCUT2D eigenvalue weighted by molar-refractivity contribution is 6.30. The molecule has 0 unspecified atom stereocenters. The Hall–Kier alpha value is -1.80. The van der Waals surface area contributed by atoms with Crippen LogP contribution in [0.1, 0.15) is 48.4 Å². The van der Waals surface area contributed by atoms with E-state index in [1.807, 2.05) is 37.3 Å². The van der Waals surface area contributed by atoms with E-state index < -0.39 is 0 Å². The Morgan fingerprint density at radius 1 is 1.18 bits per heavy atom. The third kappa shape index (κ3) is 3.17. The summed E-state index contributed by atoms with van der Waals surface area (Å²) in [4.78, 5) is 12.7. The van der Waals surface area contributed by atoms with Crippen LogP contribution in [-0.2, 0) is 11.2 Å². The average molecular weight is 314 g/mol. The number of hydrogen-bond donors (Lipinski definition) is 1. The number of aryl methyl sites for hydroxylation is 1. The largest absolute Gasteiger partial charge is 0.349 e. The number of benzene rings is 2. The molecule has 114 valence electrons. The van der Waals surface area contributed by atoms with E-state index in [1.165, 1.54) is 11.1 Å². The summed E-state index contributed by atoms with van der Waals surface area (Å²) in [6.07, 6.45) is 3.08. The molecule has 1 aliphatic carbocycles. The molecule has 1 N–H and O–H groups in total. The minimum Gasteiger partial charge on any atom is -0.349 e. The quantitative estimate of drug-likeness (QED) is 0.879. The number of rotatable bonds is 3. The van der Waals surface area contributed by atoms with Crippen molar-refractivity contribution in [3.8, 4) is 0 Å². The summed E-state index contributed by atoms with van der Waals surface area (Å²) >= 11 is 5.91. The van der Waals surface area contributed by atoms with Crippen LogP contribution in [0.15, 0.2) is 48.5 Å². The lowest BCUT2D eigenvalue weighted by atomic mass is 9.82. The van der Waals surface area contributed by atoms with Gasteiger partial charge in [0.15, 0.2) is 0 Å². The number of halogens is 1. The summed E-state index contributed by atoms with van der Waals surface area (Å²) in [6.45, 7) is 2.01. The van der Waals surface area contributed by atoms with E-state index >= 15 is 0 Å². The zero-order valence-corrected chi connectivity index (χ0v) is 13.4. The summed E-state index contributed by atoms with van der Waals surface area (Å²) in [5.74, 6) is 0.0919. The summed E-state index contributed by atoms with van der Waals surface area (Å²) < 4.78 is 0. The molecule has 3 heteroatoms. The molecule has 2 aromatic rings. The maximum Gasteiger partial charge on any atom is 0.228 e. The molecule has 0 bridgehead atoms. The van der Waals surface area contributed by atoms with Crippen LogP contribution in [-0.4, -0.2) is 5.91 Å². The van der Waals surface area contributed by atoms with Gasteiger partial charge in [-0.25, -0.2) is 0 Å². The van der Waals surface area contributed by atoms with Crippen molar-refractivity contribution in [2.75, 3.05) is 0 Å². The van der Waals surface area contributed by atoms with E-state index in [4.69, 9.17) is 11.6 Å². The van der Waals surface area contributed by atoms with Gasteiger partial charge in [-0.3, -0.25) is 4.79 Å². The Morgan fingerprint density at radius 3 is 2.68 bits per heavy atom. The number of nitrogens with one attached hydrogen (secondary N) is 1. The summed E-state index contributed by atoms with van der Waals surface area (Å²) in [5.41, 5.74) is 3.57. The lowest BCUT2D eigenvalue weighted by molar-refractivity contribution is -0.123. The first kappa shape index (κ1) is 15.1. The summed E-state index contributed by atoms with van der Waals surface area (Å²) in [7, 11) is 0. The van der Waals surface area contributed by atoms with Gasteiger partial charge >= 0.3 is 0 Å². The Kier molecular flexibility index (Phi) is 4.49. The van der Waals surface area contributed by atoms with Crippen molar-refractivity contribution < 1.29 is 4.79 Å². The fraction of sp³-hybridized carbons (Fsp3) is 0.316. The molecular weight excluding hydrogens is 294 g/mol. The fourth-order valence-corrected chi connectivity index (χ4v) is 3.30. The van der Waals surface area contributed by atoms with Crippen molar-refractivity contribution in [2.24, 2.45) is 0 Å². The lowest BCUT2D eigenvalue weighted by Crippen LogP contribution is -2.33. The van der Waals surface area contributed by atoms with E-state index in [0.717, 1.165) is 24.8 Å². The molecule has 1 amide bonds. The van der Waals surface area contributed by atoms with Gasteiger partial charge < -0.3 is 5.32 Å². The second kappa shape index (κ2) is 6.53. The average Bonchev–Trinajstić information content (AvgIpc) is 2.54. The van der Waals surface area contributed by atoms with Crippen LogP contribution in [0.25, 0.3) is 0 Å². The van der Waals surface area contributed by atoms with E-state index in [9.17, 15) is 4.79 Å². The molecule has 0 saturated carbocycles. The van der Waals surface area contributed by atoms with E-state index in [-0.39, 0.29) is 17.9 Å². The molecule has 0 heterocycles. The first-order valence-electron chi connectivity index (χ1n) is 7.79.